The molecule has 0 bridgehead atoms. The lowest BCUT2D eigenvalue weighted by Crippen LogP contribution is -2.53. The molecule has 1 aromatic rings. The summed E-state index contributed by atoms with van der Waals surface area (Å²) in [7, 11) is 1.87. The Labute approximate surface area is 151 Å². The number of guanidine groups is 1. The highest BCUT2D eigenvalue weighted by atomic mass is 15.4. The van der Waals surface area contributed by atoms with E-state index in [2.05, 4.69) is 41.9 Å². The van der Waals surface area contributed by atoms with Gasteiger partial charge in [-0.1, -0.05) is 6.92 Å². The molecule has 0 amide bonds. The Hall–Kier alpha value is -1.89. The van der Waals surface area contributed by atoms with Crippen LogP contribution in [0, 0.1) is 5.92 Å². The van der Waals surface area contributed by atoms with E-state index in [-0.39, 0.29) is 0 Å². The summed E-state index contributed by atoms with van der Waals surface area (Å²) in [4.78, 5) is 20.3. The summed E-state index contributed by atoms with van der Waals surface area (Å²) in [6.07, 6.45) is 6.31. The number of hydrogen-bond donors (Lipinski definition) is 1. The average molecular weight is 345 g/mol. The maximum Gasteiger partial charge on any atom is 0.225 e. The van der Waals surface area contributed by atoms with Gasteiger partial charge in [0.05, 0.1) is 0 Å². The second-order valence-electron chi connectivity index (χ2n) is 7.04. The molecule has 2 aliphatic heterocycles. The van der Waals surface area contributed by atoms with Gasteiger partial charge in [0.15, 0.2) is 5.96 Å². The third kappa shape index (κ3) is 5.04. The van der Waals surface area contributed by atoms with Gasteiger partial charge in [0.1, 0.15) is 0 Å². The largest absolute Gasteiger partial charge is 0.355 e. The maximum atomic E-state index is 4.47. The molecule has 138 valence electrons. The van der Waals surface area contributed by atoms with E-state index < -0.39 is 0 Å². The molecule has 1 aromatic heterocycles. The summed E-state index contributed by atoms with van der Waals surface area (Å²) in [5.74, 6) is 2.67. The van der Waals surface area contributed by atoms with Crippen LogP contribution in [0.3, 0.4) is 0 Å². The van der Waals surface area contributed by atoms with Crippen molar-refractivity contribution in [2.75, 3.05) is 64.3 Å². The highest BCUT2D eigenvalue weighted by molar-refractivity contribution is 5.80. The quantitative estimate of drug-likeness (QED) is 0.646. The molecule has 1 N–H and O–H groups in total. The van der Waals surface area contributed by atoms with Crippen molar-refractivity contribution >= 4 is 11.9 Å². The number of likely N-dealkylation sites (tertiary alicyclic amines) is 1. The topological polar surface area (TPSA) is 59.9 Å². The minimum atomic E-state index is 0.823. The summed E-state index contributed by atoms with van der Waals surface area (Å²) in [6.45, 7) is 10.6. The molecule has 3 rings (SSSR count). The number of rotatable bonds is 4. The van der Waals surface area contributed by atoms with Gasteiger partial charge in [-0.15, -0.1) is 0 Å². The van der Waals surface area contributed by atoms with Crippen LogP contribution in [0.15, 0.2) is 23.5 Å². The molecule has 0 saturated carbocycles. The number of nitrogens with one attached hydrogen (secondary N) is 1. The van der Waals surface area contributed by atoms with Crippen LogP contribution in [-0.2, 0) is 0 Å². The first-order valence-corrected chi connectivity index (χ1v) is 9.46. The first-order valence-electron chi connectivity index (χ1n) is 9.46. The third-order valence-corrected chi connectivity index (χ3v) is 5.08. The van der Waals surface area contributed by atoms with E-state index in [1.165, 1.54) is 25.9 Å². The molecule has 1 atom stereocenters. The van der Waals surface area contributed by atoms with Crippen molar-refractivity contribution in [3.05, 3.63) is 18.5 Å². The maximum absolute atomic E-state index is 4.47. The standard InChI is InChI=1S/C18H31N7/c1-16-5-3-9-23(15-16)10-8-22-17(19-2)24-11-13-25(14-12-24)18-20-6-4-7-21-18/h4,6-7,16H,3,5,8-15H2,1-2H3,(H,19,22). The molecule has 0 aromatic carbocycles. The van der Waals surface area contributed by atoms with Gasteiger partial charge in [-0.3, -0.25) is 4.99 Å². The molecular weight excluding hydrogens is 314 g/mol. The molecule has 2 fully saturated rings. The molecule has 7 heteroatoms. The van der Waals surface area contributed by atoms with Crippen LogP contribution in [0.4, 0.5) is 5.95 Å². The van der Waals surface area contributed by atoms with Crippen LogP contribution in [0.5, 0.6) is 0 Å². The lowest BCUT2D eigenvalue weighted by Gasteiger charge is -2.37. The monoisotopic (exact) mass is 345 g/mol. The lowest BCUT2D eigenvalue weighted by atomic mass is 10.0. The Morgan fingerprint density at radius 2 is 1.96 bits per heavy atom. The first kappa shape index (κ1) is 17.9. The van der Waals surface area contributed by atoms with E-state index in [4.69, 9.17) is 0 Å². The molecule has 0 radical (unpaired) electrons. The van der Waals surface area contributed by atoms with Crippen LogP contribution >= 0.6 is 0 Å². The molecule has 25 heavy (non-hydrogen) atoms. The van der Waals surface area contributed by atoms with E-state index in [1.807, 2.05) is 13.1 Å². The predicted octanol–water partition coefficient (Wildman–Crippen LogP) is 0.906. The van der Waals surface area contributed by atoms with Crippen LogP contribution in [-0.4, -0.2) is 85.1 Å². The fourth-order valence-corrected chi connectivity index (χ4v) is 3.72. The van der Waals surface area contributed by atoms with E-state index in [0.717, 1.165) is 57.1 Å². The van der Waals surface area contributed by atoms with Crippen LogP contribution in [0.1, 0.15) is 19.8 Å². The van der Waals surface area contributed by atoms with Gasteiger partial charge in [-0.05, 0) is 31.4 Å². The van der Waals surface area contributed by atoms with Gasteiger partial charge in [-0.2, -0.15) is 0 Å². The SMILES string of the molecule is CN=C(NCCN1CCCC(C)C1)N1CCN(c2ncccn2)CC1. The lowest BCUT2D eigenvalue weighted by molar-refractivity contribution is 0.186. The molecular formula is C18H31N7. The smallest absolute Gasteiger partial charge is 0.225 e. The Balaban J connectivity index is 1.42. The Kier molecular flexibility index (Phi) is 6.44. The number of aliphatic imine (C=N–C) groups is 1. The number of piperidine rings is 1. The van der Waals surface area contributed by atoms with Crippen molar-refractivity contribution in [3.8, 4) is 0 Å². The highest BCUT2D eigenvalue weighted by Gasteiger charge is 2.21. The van der Waals surface area contributed by atoms with Crippen molar-refractivity contribution in [3.63, 3.8) is 0 Å². The van der Waals surface area contributed by atoms with Crippen LogP contribution in [0.2, 0.25) is 0 Å². The number of hydrogen-bond acceptors (Lipinski definition) is 5. The van der Waals surface area contributed by atoms with Gasteiger partial charge in [0, 0.05) is 65.3 Å². The Morgan fingerprint density at radius 3 is 2.64 bits per heavy atom. The predicted molar refractivity (Wildman–Crippen MR) is 102 cm³/mol. The number of anilines is 1. The molecule has 3 heterocycles. The zero-order valence-corrected chi connectivity index (χ0v) is 15.6. The minimum absolute atomic E-state index is 0.823. The number of nitrogens with zero attached hydrogens (tertiary/aromatic N) is 6. The second kappa shape index (κ2) is 8.99. The zero-order chi connectivity index (χ0) is 17.5. The Morgan fingerprint density at radius 1 is 1.20 bits per heavy atom. The van der Waals surface area contributed by atoms with E-state index >= 15 is 0 Å². The van der Waals surface area contributed by atoms with Crippen LogP contribution < -0.4 is 10.2 Å². The number of aromatic nitrogens is 2. The highest BCUT2D eigenvalue weighted by Crippen LogP contribution is 2.14. The van der Waals surface area contributed by atoms with Gasteiger partial charge in [0.25, 0.3) is 0 Å². The molecule has 2 saturated heterocycles. The summed E-state index contributed by atoms with van der Waals surface area (Å²) < 4.78 is 0. The van der Waals surface area contributed by atoms with Crippen molar-refractivity contribution in [2.24, 2.45) is 10.9 Å². The normalized spacial score (nSPS) is 23.0. The summed E-state index contributed by atoms with van der Waals surface area (Å²) in [5, 5.41) is 3.54. The molecule has 0 spiro atoms. The van der Waals surface area contributed by atoms with Crippen molar-refractivity contribution in [2.45, 2.75) is 19.8 Å². The average Bonchev–Trinajstić information content (AvgIpc) is 2.66. The fraction of sp³-hybridized carbons (Fsp3) is 0.722. The summed E-state index contributed by atoms with van der Waals surface area (Å²) in [5.41, 5.74) is 0. The minimum Gasteiger partial charge on any atom is -0.355 e. The van der Waals surface area contributed by atoms with Gasteiger partial charge >= 0.3 is 0 Å². The van der Waals surface area contributed by atoms with Crippen molar-refractivity contribution in [1.82, 2.24) is 25.1 Å². The van der Waals surface area contributed by atoms with Gasteiger partial charge < -0.3 is 20.0 Å². The fourth-order valence-electron chi connectivity index (χ4n) is 3.72. The summed E-state index contributed by atoms with van der Waals surface area (Å²) >= 11 is 0. The van der Waals surface area contributed by atoms with Crippen molar-refractivity contribution in [1.29, 1.82) is 0 Å². The van der Waals surface area contributed by atoms with E-state index in [0.29, 0.717) is 0 Å². The third-order valence-electron chi connectivity index (χ3n) is 5.08. The number of piperazine rings is 1. The Bertz CT molecular complexity index is 540. The molecule has 1 unspecified atom stereocenters. The van der Waals surface area contributed by atoms with E-state index in [1.54, 1.807) is 12.4 Å². The van der Waals surface area contributed by atoms with Gasteiger partial charge in [-0.25, -0.2) is 9.97 Å². The van der Waals surface area contributed by atoms with Gasteiger partial charge in [0.2, 0.25) is 5.95 Å². The molecule has 2 aliphatic rings. The van der Waals surface area contributed by atoms with E-state index in [9.17, 15) is 0 Å². The summed E-state index contributed by atoms with van der Waals surface area (Å²) in [6, 6.07) is 1.86. The zero-order valence-electron chi connectivity index (χ0n) is 15.6. The van der Waals surface area contributed by atoms with Crippen molar-refractivity contribution < 1.29 is 0 Å². The molecule has 0 aliphatic carbocycles. The second-order valence-corrected chi connectivity index (χ2v) is 7.04. The molecule has 7 nitrogen and oxygen atoms in total. The first-order chi connectivity index (χ1) is 12.3. The van der Waals surface area contributed by atoms with Crippen LogP contribution in [0.25, 0.3) is 0 Å².